The van der Waals surface area contributed by atoms with E-state index in [-0.39, 0.29) is 10.9 Å². The molecule has 7 heteroatoms. The molecule has 1 fully saturated rings. The number of likely N-dealkylation sites (N-methyl/N-ethyl adjacent to an activating group) is 1. The summed E-state index contributed by atoms with van der Waals surface area (Å²) in [6.07, 6.45) is 3.12. The van der Waals surface area contributed by atoms with Gasteiger partial charge in [-0.3, -0.25) is 4.79 Å². The highest BCUT2D eigenvalue weighted by molar-refractivity contribution is 7.80. The van der Waals surface area contributed by atoms with E-state index in [0.29, 0.717) is 24.6 Å². The summed E-state index contributed by atoms with van der Waals surface area (Å²) in [4.78, 5) is 24.6. The molecule has 0 spiro atoms. The number of rotatable bonds is 2. The Labute approximate surface area is 117 Å². The van der Waals surface area contributed by atoms with Gasteiger partial charge in [-0.25, -0.2) is 9.97 Å². The summed E-state index contributed by atoms with van der Waals surface area (Å²) in [5.41, 5.74) is 5.45. The SMILES string of the molecule is CN1CCN(c2nccnc2C(N)=S)C(C)(C)C1=O. The minimum atomic E-state index is -0.692. The van der Waals surface area contributed by atoms with E-state index >= 15 is 0 Å². The summed E-state index contributed by atoms with van der Waals surface area (Å²) in [7, 11) is 1.80. The first kappa shape index (κ1) is 13.7. The Morgan fingerprint density at radius 3 is 2.63 bits per heavy atom. The van der Waals surface area contributed by atoms with Crippen molar-refractivity contribution >= 4 is 28.9 Å². The number of amides is 1. The number of nitrogens with zero attached hydrogens (tertiary/aromatic N) is 4. The van der Waals surface area contributed by atoms with Gasteiger partial charge in [0.15, 0.2) is 5.82 Å². The second-order valence-corrected chi connectivity index (χ2v) is 5.47. The van der Waals surface area contributed by atoms with Crippen LogP contribution in [-0.2, 0) is 4.79 Å². The van der Waals surface area contributed by atoms with E-state index in [0.717, 1.165) is 0 Å². The first-order valence-electron chi connectivity index (χ1n) is 5.99. The van der Waals surface area contributed by atoms with Gasteiger partial charge in [-0.05, 0) is 13.8 Å². The zero-order valence-electron chi connectivity index (χ0n) is 11.3. The fourth-order valence-corrected chi connectivity index (χ4v) is 2.43. The minimum Gasteiger partial charge on any atom is -0.388 e. The van der Waals surface area contributed by atoms with E-state index < -0.39 is 5.54 Å². The fraction of sp³-hybridized carbons (Fsp3) is 0.500. The van der Waals surface area contributed by atoms with Crippen molar-refractivity contribution in [1.29, 1.82) is 0 Å². The van der Waals surface area contributed by atoms with Crippen molar-refractivity contribution in [3.8, 4) is 0 Å². The van der Waals surface area contributed by atoms with Crippen LogP contribution in [-0.4, -0.2) is 51.4 Å². The lowest BCUT2D eigenvalue weighted by molar-refractivity contribution is -0.136. The third-order valence-electron chi connectivity index (χ3n) is 3.37. The highest BCUT2D eigenvalue weighted by Crippen LogP contribution is 2.28. The highest BCUT2D eigenvalue weighted by Gasteiger charge is 2.42. The van der Waals surface area contributed by atoms with Gasteiger partial charge in [0.25, 0.3) is 0 Å². The van der Waals surface area contributed by atoms with Crippen LogP contribution in [0.5, 0.6) is 0 Å². The van der Waals surface area contributed by atoms with Gasteiger partial charge in [0.1, 0.15) is 16.2 Å². The first-order valence-corrected chi connectivity index (χ1v) is 6.40. The van der Waals surface area contributed by atoms with Crippen molar-refractivity contribution in [2.75, 3.05) is 25.0 Å². The molecule has 2 rings (SSSR count). The molecule has 0 saturated carbocycles. The summed E-state index contributed by atoms with van der Waals surface area (Å²) < 4.78 is 0. The Balaban J connectivity index is 2.47. The molecule has 0 bridgehead atoms. The molecule has 0 aromatic carbocycles. The Morgan fingerprint density at radius 1 is 1.37 bits per heavy atom. The van der Waals surface area contributed by atoms with Crippen molar-refractivity contribution in [2.24, 2.45) is 5.73 Å². The lowest BCUT2D eigenvalue weighted by Gasteiger charge is -2.45. The molecule has 0 atom stereocenters. The second kappa shape index (κ2) is 4.73. The Hall–Kier alpha value is -1.76. The van der Waals surface area contributed by atoms with Crippen LogP contribution in [0.4, 0.5) is 5.82 Å². The van der Waals surface area contributed by atoms with E-state index in [4.69, 9.17) is 18.0 Å². The van der Waals surface area contributed by atoms with E-state index in [2.05, 4.69) is 9.97 Å². The Morgan fingerprint density at radius 2 is 2.00 bits per heavy atom. The summed E-state index contributed by atoms with van der Waals surface area (Å²) in [5.74, 6) is 0.611. The van der Waals surface area contributed by atoms with Crippen molar-refractivity contribution in [3.05, 3.63) is 18.1 Å². The summed E-state index contributed by atoms with van der Waals surface area (Å²) in [5, 5.41) is 0. The molecule has 19 heavy (non-hydrogen) atoms. The molecule has 2 N–H and O–H groups in total. The largest absolute Gasteiger partial charge is 0.388 e. The predicted molar refractivity (Wildman–Crippen MR) is 77.0 cm³/mol. The van der Waals surface area contributed by atoms with Crippen LogP contribution < -0.4 is 10.6 Å². The maximum atomic E-state index is 12.3. The van der Waals surface area contributed by atoms with Gasteiger partial charge >= 0.3 is 0 Å². The highest BCUT2D eigenvalue weighted by atomic mass is 32.1. The molecule has 1 aromatic heterocycles. The van der Waals surface area contributed by atoms with Crippen LogP contribution in [0.2, 0.25) is 0 Å². The van der Waals surface area contributed by atoms with Gasteiger partial charge in [0.05, 0.1) is 0 Å². The molecule has 6 nitrogen and oxygen atoms in total. The molecule has 1 amide bonds. The maximum Gasteiger partial charge on any atom is 0.247 e. The van der Waals surface area contributed by atoms with Crippen LogP contribution >= 0.6 is 12.2 Å². The molecule has 102 valence electrons. The number of piperazine rings is 1. The molecule has 2 heterocycles. The predicted octanol–water partition coefficient (Wildman–Crippen LogP) is 0.168. The summed E-state index contributed by atoms with van der Waals surface area (Å²) in [6.45, 7) is 5.03. The number of hydrogen-bond donors (Lipinski definition) is 1. The molecule has 0 aliphatic carbocycles. The zero-order chi connectivity index (χ0) is 14.2. The topological polar surface area (TPSA) is 75.3 Å². The molecule has 0 radical (unpaired) electrons. The van der Waals surface area contributed by atoms with E-state index in [9.17, 15) is 4.79 Å². The quantitative estimate of drug-likeness (QED) is 0.778. The van der Waals surface area contributed by atoms with Crippen molar-refractivity contribution in [2.45, 2.75) is 19.4 Å². The number of aromatic nitrogens is 2. The summed E-state index contributed by atoms with van der Waals surface area (Å²) >= 11 is 5.00. The number of carbonyl (C=O) groups is 1. The van der Waals surface area contributed by atoms with Gasteiger partial charge in [-0.15, -0.1) is 0 Å². The third-order valence-corrected chi connectivity index (χ3v) is 3.57. The van der Waals surface area contributed by atoms with E-state index in [1.807, 2.05) is 18.7 Å². The fourth-order valence-electron chi connectivity index (χ4n) is 2.29. The van der Waals surface area contributed by atoms with Gasteiger partial charge < -0.3 is 15.5 Å². The third kappa shape index (κ3) is 2.25. The van der Waals surface area contributed by atoms with Crippen molar-refractivity contribution in [3.63, 3.8) is 0 Å². The standard InChI is InChI=1S/C12H17N5OS/c1-12(2)11(18)16(3)6-7-17(12)10-8(9(13)19)14-4-5-15-10/h4-5H,6-7H2,1-3H3,(H2,13,19). The molecule has 1 aromatic rings. The monoisotopic (exact) mass is 279 g/mol. The molecular formula is C12H17N5OS. The van der Waals surface area contributed by atoms with Gasteiger partial charge in [-0.1, -0.05) is 12.2 Å². The van der Waals surface area contributed by atoms with E-state index in [1.165, 1.54) is 0 Å². The normalized spacial score (nSPS) is 18.6. The molecule has 1 aliphatic rings. The number of nitrogens with two attached hydrogens (primary N) is 1. The Kier molecular flexibility index (Phi) is 3.40. The molecule has 0 unspecified atom stereocenters. The smallest absolute Gasteiger partial charge is 0.247 e. The first-order chi connectivity index (χ1) is 8.85. The Bertz CT molecular complexity index is 531. The number of anilines is 1. The van der Waals surface area contributed by atoms with Gasteiger partial charge in [0.2, 0.25) is 5.91 Å². The average molecular weight is 279 g/mol. The molecule has 1 saturated heterocycles. The number of thiocarbonyl (C=S) groups is 1. The zero-order valence-corrected chi connectivity index (χ0v) is 12.1. The molecular weight excluding hydrogens is 262 g/mol. The minimum absolute atomic E-state index is 0.0401. The lowest BCUT2D eigenvalue weighted by Crippen LogP contribution is -2.62. The number of carbonyl (C=O) groups excluding carboxylic acids is 1. The van der Waals surface area contributed by atoms with E-state index in [1.54, 1.807) is 24.3 Å². The van der Waals surface area contributed by atoms with Crippen LogP contribution in [0, 0.1) is 0 Å². The summed E-state index contributed by atoms with van der Waals surface area (Å²) in [6, 6.07) is 0. The number of hydrogen-bond acceptors (Lipinski definition) is 5. The van der Waals surface area contributed by atoms with Crippen LogP contribution in [0.25, 0.3) is 0 Å². The van der Waals surface area contributed by atoms with Crippen molar-refractivity contribution in [1.82, 2.24) is 14.9 Å². The lowest BCUT2D eigenvalue weighted by atomic mass is 9.97. The van der Waals surface area contributed by atoms with Crippen LogP contribution in [0.1, 0.15) is 19.5 Å². The molecule has 1 aliphatic heterocycles. The average Bonchev–Trinajstić information content (AvgIpc) is 2.36. The van der Waals surface area contributed by atoms with Crippen LogP contribution in [0.3, 0.4) is 0 Å². The second-order valence-electron chi connectivity index (χ2n) is 5.03. The maximum absolute atomic E-state index is 12.3. The van der Waals surface area contributed by atoms with Gasteiger partial charge in [-0.2, -0.15) is 0 Å². The van der Waals surface area contributed by atoms with Crippen molar-refractivity contribution < 1.29 is 4.79 Å². The van der Waals surface area contributed by atoms with Crippen LogP contribution in [0.15, 0.2) is 12.4 Å². The van der Waals surface area contributed by atoms with Gasteiger partial charge in [0, 0.05) is 32.5 Å².